The van der Waals surface area contributed by atoms with E-state index in [4.69, 9.17) is 0 Å². The summed E-state index contributed by atoms with van der Waals surface area (Å²) < 4.78 is 0. The van der Waals surface area contributed by atoms with Crippen LogP contribution in [0.2, 0.25) is 0 Å². The summed E-state index contributed by atoms with van der Waals surface area (Å²) in [6, 6.07) is 7.80. The van der Waals surface area contributed by atoms with Gasteiger partial charge in [0.1, 0.15) is 0 Å². The summed E-state index contributed by atoms with van der Waals surface area (Å²) in [5.74, 6) is 0.0509. The number of amides is 1. The molecular weight excluding hydrogens is 162 g/mol. The van der Waals surface area contributed by atoms with Gasteiger partial charge in [0.05, 0.1) is 0 Å². The molecule has 0 unspecified atom stereocenters. The fraction of sp³-hybridized carbons (Fsp3) is 0.364. The van der Waals surface area contributed by atoms with E-state index in [9.17, 15) is 4.79 Å². The zero-order chi connectivity index (χ0) is 9.47. The largest absolute Gasteiger partial charge is 0.351 e. The van der Waals surface area contributed by atoms with Crippen molar-refractivity contribution in [1.82, 2.24) is 5.32 Å². The van der Waals surface area contributed by atoms with Gasteiger partial charge < -0.3 is 5.32 Å². The summed E-state index contributed by atoms with van der Waals surface area (Å²) in [5.41, 5.74) is 2.03. The summed E-state index contributed by atoms with van der Waals surface area (Å²) in [6.45, 7) is 5.01. The van der Waals surface area contributed by atoms with Gasteiger partial charge in [0.2, 0.25) is 0 Å². The van der Waals surface area contributed by atoms with Gasteiger partial charge in [-0.25, -0.2) is 0 Å². The molecule has 68 valence electrons. The van der Waals surface area contributed by atoms with E-state index < -0.39 is 0 Å². The highest BCUT2D eigenvalue weighted by Gasteiger charge is 2.30. The van der Waals surface area contributed by atoms with E-state index >= 15 is 0 Å². The molecule has 2 heteroatoms. The third-order valence-electron chi connectivity index (χ3n) is 2.59. The van der Waals surface area contributed by atoms with Crippen LogP contribution < -0.4 is 5.32 Å². The van der Waals surface area contributed by atoms with Gasteiger partial charge in [0.25, 0.3) is 5.91 Å². The minimum atomic E-state index is 0.0509. The van der Waals surface area contributed by atoms with Gasteiger partial charge in [-0.2, -0.15) is 0 Å². The van der Waals surface area contributed by atoms with Crippen LogP contribution in [0.4, 0.5) is 0 Å². The topological polar surface area (TPSA) is 29.1 Å². The van der Waals surface area contributed by atoms with Gasteiger partial charge in [0.15, 0.2) is 0 Å². The van der Waals surface area contributed by atoms with Gasteiger partial charge in [-0.15, -0.1) is 0 Å². The molecule has 0 atom stereocenters. The minimum absolute atomic E-state index is 0.0509. The van der Waals surface area contributed by atoms with Crippen LogP contribution in [0.3, 0.4) is 0 Å². The SMILES string of the molecule is CC1(C)CNC(=O)c2ccccc21. The lowest BCUT2D eigenvalue weighted by Crippen LogP contribution is -2.43. The molecule has 0 fully saturated rings. The van der Waals surface area contributed by atoms with Gasteiger partial charge >= 0.3 is 0 Å². The monoisotopic (exact) mass is 175 g/mol. The number of nitrogens with one attached hydrogen (secondary N) is 1. The van der Waals surface area contributed by atoms with Crippen molar-refractivity contribution in [3.8, 4) is 0 Å². The molecule has 1 heterocycles. The molecule has 0 aliphatic carbocycles. The van der Waals surface area contributed by atoms with Gasteiger partial charge in [0, 0.05) is 17.5 Å². The molecule has 1 N–H and O–H groups in total. The molecule has 13 heavy (non-hydrogen) atoms. The summed E-state index contributed by atoms with van der Waals surface area (Å²) in [7, 11) is 0. The van der Waals surface area contributed by atoms with Crippen LogP contribution in [-0.2, 0) is 5.41 Å². The second-order valence-corrected chi connectivity index (χ2v) is 4.11. The van der Waals surface area contributed by atoms with Crippen LogP contribution >= 0.6 is 0 Å². The van der Waals surface area contributed by atoms with Crippen molar-refractivity contribution in [2.24, 2.45) is 0 Å². The number of fused-ring (bicyclic) bond motifs is 1. The van der Waals surface area contributed by atoms with Crippen molar-refractivity contribution < 1.29 is 4.79 Å². The molecule has 0 aromatic heterocycles. The summed E-state index contributed by atoms with van der Waals surface area (Å²) in [4.78, 5) is 11.5. The first-order valence-corrected chi connectivity index (χ1v) is 4.49. The lowest BCUT2D eigenvalue weighted by atomic mass is 9.79. The second-order valence-electron chi connectivity index (χ2n) is 4.11. The van der Waals surface area contributed by atoms with Crippen LogP contribution in [0.25, 0.3) is 0 Å². The molecule has 1 amide bonds. The van der Waals surface area contributed by atoms with Gasteiger partial charge in [-0.3, -0.25) is 4.79 Å². The van der Waals surface area contributed by atoms with Gasteiger partial charge in [-0.1, -0.05) is 32.0 Å². The summed E-state index contributed by atoms with van der Waals surface area (Å²) in [6.07, 6.45) is 0. The van der Waals surface area contributed by atoms with E-state index in [2.05, 4.69) is 19.2 Å². The first-order chi connectivity index (χ1) is 6.11. The molecule has 0 bridgehead atoms. The number of hydrogen-bond acceptors (Lipinski definition) is 1. The lowest BCUT2D eigenvalue weighted by molar-refractivity contribution is 0.0930. The Kier molecular flexibility index (Phi) is 1.65. The quantitative estimate of drug-likeness (QED) is 0.639. The first kappa shape index (κ1) is 8.30. The maximum absolute atomic E-state index is 11.5. The number of carbonyl (C=O) groups excluding carboxylic acids is 1. The Morgan fingerprint density at radius 3 is 2.69 bits per heavy atom. The van der Waals surface area contributed by atoms with Crippen molar-refractivity contribution in [2.75, 3.05) is 6.54 Å². The number of benzene rings is 1. The minimum Gasteiger partial charge on any atom is -0.351 e. The van der Waals surface area contributed by atoms with Crippen LogP contribution in [0.15, 0.2) is 24.3 Å². The lowest BCUT2D eigenvalue weighted by Gasteiger charge is -2.32. The third kappa shape index (κ3) is 1.22. The number of rotatable bonds is 0. The van der Waals surface area contributed by atoms with E-state index in [1.54, 1.807) is 0 Å². The van der Waals surface area contributed by atoms with E-state index in [0.717, 1.165) is 17.7 Å². The summed E-state index contributed by atoms with van der Waals surface area (Å²) in [5, 5.41) is 2.89. The van der Waals surface area contributed by atoms with Crippen LogP contribution in [0.5, 0.6) is 0 Å². The maximum Gasteiger partial charge on any atom is 0.251 e. The highest BCUT2D eigenvalue weighted by molar-refractivity contribution is 5.97. The summed E-state index contributed by atoms with van der Waals surface area (Å²) >= 11 is 0. The van der Waals surface area contributed by atoms with Crippen molar-refractivity contribution in [3.05, 3.63) is 35.4 Å². The zero-order valence-corrected chi connectivity index (χ0v) is 7.92. The molecule has 0 saturated carbocycles. The highest BCUT2D eigenvalue weighted by atomic mass is 16.1. The fourth-order valence-corrected chi connectivity index (χ4v) is 1.76. The molecular formula is C11H13NO. The Hall–Kier alpha value is -1.31. The maximum atomic E-state index is 11.5. The number of carbonyl (C=O) groups is 1. The smallest absolute Gasteiger partial charge is 0.251 e. The van der Waals surface area contributed by atoms with Crippen molar-refractivity contribution in [2.45, 2.75) is 19.3 Å². The Balaban J connectivity index is 2.61. The molecule has 1 aliphatic rings. The standard InChI is InChI=1S/C11H13NO/c1-11(2)7-12-10(13)8-5-3-4-6-9(8)11/h3-6H,7H2,1-2H3,(H,12,13). The predicted octanol–water partition coefficient (Wildman–Crippen LogP) is 1.71. The molecule has 1 aromatic carbocycles. The third-order valence-corrected chi connectivity index (χ3v) is 2.59. The van der Waals surface area contributed by atoms with Crippen LogP contribution in [0.1, 0.15) is 29.8 Å². The van der Waals surface area contributed by atoms with Crippen molar-refractivity contribution >= 4 is 5.91 Å². The second kappa shape index (κ2) is 2.59. The average Bonchev–Trinajstić information content (AvgIpc) is 2.13. The van der Waals surface area contributed by atoms with Crippen molar-refractivity contribution in [1.29, 1.82) is 0 Å². The molecule has 2 rings (SSSR count). The molecule has 0 radical (unpaired) electrons. The Bertz CT molecular complexity index is 355. The van der Waals surface area contributed by atoms with E-state index in [1.165, 1.54) is 0 Å². The van der Waals surface area contributed by atoms with Crippen LogP contribution in [0, 0.1) is 0 Å². The van der Waals surface area contributed by atoms with Crippen LogP contribution in [-0.4, -0.2) is 12.5 Å². The van der Waals surface area contributed by atoms with E-state index in [-0.39, 0.29) is 11.3 Å². The van der Waals surface area contributed by atoms with Crippen molar-refractivity contribution in [3.63, 3.8) is 0 Å². The predicted molar refractivity (Wildman–Crippen MR) is 51.8 cm³/mol. The average molecular weight is 175 g/mol. The molecule has 1 aromatic rings. The fourth-order valence-electron chi connectivity index (χ4n) is 1.76. The Labute approximate surface area is 78.0 Å². The molecule has 2 nitrogen and oxygen atoms in total. The normalized spacial score (nSPS) is 19.1. The van der Waals surface area contributed by atoms with E-state index in [0.29, 0.717) is 0 Å². The first-order valence-electron chi connectivity index (χ1n) is 4.49. The molecule has 1 aliphatic heterocycles. The highest BCUT2D eigenvalue weighted by Crippen LogP contribution is 2.28. The Morgan fingerprint density at radius 1 is 1.31 bits per heavy atom. The zero-order valence-electron chi connectivity index (χ0n) is 7.92. The number of hydrogen-bond donors (Lipinski definition) is 1. The van der Waals surface area contributed by atoms with Gasteiger partial charge in [-0.05, 0) is 11.6 Å². The van der Waals surface area contributed by atoms with E-state index in [1.807, 2.05) is 24.3 Å². The Morgan fingerprint density at radius 2 is 2.00 bits per heavy atom. The molecule has 0 saturated heterocycles. The molecule has 0 spiro atoms.